The summed E-state index contributed by atoms with van der Waals surface area (Å²) >= 11 is 2.85. The van der Waals surface area contributed by atoms with E-state index in [4.69, 9.17) is 4.74 Å². The van der Waals surface area contributed by atoms with Crippen LogP contribution < -0.4 is 15.4 Å². The zero-order valence-electron chi connectivity index (χ0n) is 15.3. The third kappa shape index (κ3) is 4.82. The molecule has 1 heterocycles. The topological polar surface area (TPSA) is 76.1 Å². The molecule has 1 saturated carbocycles. The molecule has 1 aliphatic carbocycles. The van der Waals surface area contributed by atoms with Crippen LogP contribution in [0.1, 0.15) is 23.7 Å². The summed E-state index contributed by atoms with van der Waals surface area (Å²) in [5.41, 5.74) is 1.83. The van der Waals surface area contributed by atoms with Crippen molar-refractivity contribution in [3.8, 4) is 5.75 Å². The summed E-state index contributed by atoms with van der Waals surface area (Å²) in [5, 5.41) is 15.1. The molecule has 0 spiro atoms. The number of amides is 1. The van der Waals surface area contributed by atoms with Crippen LogP contribution >= 0.6 is 23.1 Å². The Balaban J connectivity index is 1.48. The fourth-order valence-corrected chi connectivity index (χ4v) is 4.61. The van der Waals surface area contributed by atoms with Crippen molar-refractivity contribution >= 4 is 39.8 Å². The molecular weight excluding hydrogens is 392 g/mol. The molecule has 1 fully saturated rings. The third-order valence-electron chi connectivity index (χ3n) is 4.21. The molecular formula is C20H20N4O2S2. The van der Waals surface area contributed by atoms with Crippen molar-refractivity contribution in [1.82, 2.24) is 15.5 Å². The van der Waals surface area contributed by atoms with E-state index in [1.165, 1.54) is 23.1 Å². The highest BCUT2D eigenvalue weighted by molar-refractivity contribution is 8.01. The van der Waals surface area contributed by atoms with Crippen molar-refractivity contribution < 1.29 is 9.53 Å². The number of ether oxygens (including phenoxy) is 1. The SMILES string of the molecule is COc1cccc(Nc2nnc(SC(C(=O)NC3CC3)c3ccccc3)s2)c1. The lowest BCUT2D eigenvalue weighted by Crippen LogP contribution is -2.29. The summed E-state index contributed by atoms with van der Waals surface area (Å²) in [6, 6.07) is 17.7. The van der Waals surface area contributed by atoms with Gasteiger partial charge in [0.15, 0.2) is 4.34 Å². The quantitative estimate of drug-likeness (QED) is 0.534. The van der Waals surface area contributed by atoms with Crippen molar-refractivity contribution in [2.75, 3.05) is 12.4 Å². The number of rotatable bonds is 8. The molecule has 6 nitrogen and oxygen atoms in total. The van der Waals surface area contributed by atoms with Gasteiger partial charge in [0.2, 0.25) is 11.0 Å². The fraction of sp³-hybridized carbons (Fsp3) is 0.250. The summed E-state index contributed by atoms with van der Waals surface area (Å²) in [6.45, 7) is 0. The molecule has 0 radical (unpaired) electrons. The lowest BCUT2D eigenvalue weighted by molar-refractivity contribution is -0.120. The van der Waals surface area contributed by atoms with Crippen LogP contribution in [0.25, 0.3) is 0 Å². The number of hydrogen-bond acceptors (Lipinski definition) is 7. The van der Waals surface area contributed by atoms with Gasteiger partial charge < -0.3 is 15.4 Å². The average Bonchev–Trinajstić information content (AvgIpc) is 3.43. The number of nitrogens with zero attached hydrogens (tertiary/aromatic N) is 2. The monoisotopic (exact) mass is 412 g/mol. The van der Waals surface area contributed by atoms with E-state index in [1.807, 2.05) is 54.6 Å². The molecule has 0 bridgehead atoms. The number of nitrogens with one attached hydrogen (secondary N) is 2. The average molecular weight is 413 g/mol. The minimum atomic E-state index is -0.348. The summed E-state index contributed by atoms with van der Waals surface area (Å²) in [7, 11) is 1.63. The van der Waals surface area contributed by atoms with Gasteiger partial charge in [-0.05, 0) is 30.5 Å². The Kier molecular flexibility index (Phi) is 5.78. The van der Waals surface area contributed by atoms with E-state index in [-0.39, 0.29) is 11.2 Å². The van der Waals surface area contributed by atoms with Gasteiger partial charge in [0.25, 0.3) is 0 Å². The summed E-state index contributed by atoms with van der Waals surface area (Å²) in [6.07, 6.45) is 2.12. The van der Waals surface area contributed by atoms with Gasteiger partial charge in [-0.15, -0.1) is 10.2 Å². The standard InChI is InChI=1S/C20H20N4O2S2/c1-26-16-9-5-8-15(12-16)22-19-23-24-20(28-19)27-17(13-6-3-2-4-7-13)18(25)21-14-10-11-14/h2-9,12,14,17H,10-11H2,1H3,(H,21,25)(H,22,23). The lowest BCUT2D eigenvalue weighted by atomic mass is 10.1. The molecule has 1 atom stereocenters. The van der Waals surface area contributed by atoms with Gasteiger partial charge in [-0.1, -0.05) is 59.5 Å². The van der Waals surface area contributed by atoms with Crippen molar-refractivity contribution in [1.29, 1.82) is 0 Å². The molecule has 0 aliphatic heterocycles. The van der Waals surface area contributed by atoms with Gasteiger partial charge >= 0.3 is 0 Å². The highest BCUT2D eigenvalue weighted by Crippen LogP contribution is 2.39. The Morgan fingerprint density at radius 2 is 2.00 bits per heavy atom. The molecule has 2 aromatic carbocycles. The van der Waals surface area contributed by atoms with Gasteiger partial charge in [-0.2, -0.15) is 0 Å². The Morgan fingerprint density at radius 1 is 1.18 bits per heavy atom. The van der Waals surface area contributed by atoms with Crippen LogP contribution in [-0.2, 0) is 4.79 Å². The van der Waals surface area contributed by atoms with Crippen molar-refractivity contribution in [3.05, 3.63) is 60.2 Å². The van der Waals surface area contributed by atoms with Crippen molar-refractivity contribution in [2.24, 2.45) is 0 Å². The van der Waals surface area contributed by atoms with Crippen LogP contribution in [0.15, 0.2) is 58.9 Å². The normalized spacial score (nSPS) is 14.3. The van der Waals surface area contributed by atoms with E-state index in [2.05, 4.69) is 20.8 Å². The molecule has 1 amide bonds. The molecule has 2 N–H and O–H groups in total. The number of carbonyl (C=O) groups is 1. The van der Waals surface area contributed by atoms with Crippen LogP contribution in [0.2, 0.25) is 0 Å². The highest BCUT2D eigenvalue weighted by atomic mass is 32.2. The van der Waals surface area contributed by atoms with E-state index in [0.717, 1.165) is 34.2 Å². The zero-order valence-corrected chi connectivity index (χ0v) is 16.9. The van der Waals surface area contributed by atoms with Crippen molar-refractivity contribution in [2.45, 2.75) is 28.5 Å². The Morgan fingerprint density at radius 3 is 2.75 bits per heavy atom. The van der Waals surface area contributed by atoms with Gasteiger partial charge in [-0.25, -0.2) is 0 Å². The number of benzene rings is 2. The molecule has 8 heteroatoms. The molecule has 1 aliphatic rings. The number of thioether (sulfide) groups is 1. The molecule has 144 valence electrons. The smallest absolute Gasteiger partial charge is 0.238 e. The number of aromatic nitrogens is 2. The Hall–Kier alpha value is -2.58. The number of methoxy groups -OCH3 is 1. The van der Waals surface area contributed by atoms with E-state index in [9.17, 15) is 4.79 Å². The van der Waals surface area contributed by atoms with E-state index in [0.29, 0.717) is 11.2 Å². The first-order valence-corrected chi connectivity index (χ1v) is 10.7. The number of anilines is 2. The highest BCUT2D eigenvalue weighted by Gasteiger charge is 2.29. The molecule has 3 aromatic rings. The molecule has 0 saturated heterocycles. The predicted molar refractivity (Wildman–Crippen MR) is 112 cm³/mol. The second-order valence-electron chi connectivity index (χ2n) is 6.42. The second-order valence-corrected chi connectivity index (χ2v) is 8.75. The summed E-state index contributed by atoms with van der Waals surface area (Å²) in [4.78, 5) is 12.8. The van der Waals surface area contributed by atoms with Gasteiger partial charge in [-0.3, -0.25) is 4.79 Å². The minimum Gasteiger partial charge on any atom is -0.497 e. The first kappa shape index (κ1) is 18.8. The van der Waals surface area contributed by atoms with Crippen LogP contribution in [0.3, 0.4) is 0 Å². The largest absolute Gasteiger partial charge is 0.497 e. The van der Waals surface area contributed by atoms with E-state index >= 15 is 0 Å². The van der Waals surface area contributed by atoms with Crippen LogP contribution in [0, 0.1) is 0 Å². The number of carbonyl (C=O) groups excluding carboxylic acids is 1. The zero-order chi connectivity index (χ0) is 19.3. The maximum atomic E-state index is 12.8. The van der Waals surface area contributed by atoms with Crippen LogP contribution in [0.4, 0.5) is 10.8 Å². The Labute approximate surface area is 171 Å². The minimum absolute atomic E-state index is 0.0243. The molecule has 1 aromatic heterocycles. The van der Waals surface area contributed by atoms with Crippen LogP contribution in [0.5, 0.6) is 5.75 Å². The maximum Gasteiger partial charge on any atom is 0.238 e. The van der Waals surface area contributed by atoms with Gasteiger partial charge in [0.05, 0.1) is 7.11 Å². The van der Waals surface area contributed by atoms with Gasteiger partial charge in [0, 0.05) is 17.8 Å². The molecule has 28 heavy (non-hydrogen) atoms. The summed E-state index contributed by atoms with van der Waals surface area (Å²) in [5.74, 6) is 0.793. The summed E-state index contributed by atoms with van der Waals surface area (Å²) < 4.78 is 5.98. The first-order valence-electron chi connectivity index (χ1n) is 8.98. The lowest BCUT2D eigenvalue weighted by Gasteiger charge is -2.15. The van der Waals surface area contributed by atoms with Crippen molar-refractivity contribution in [3.63, 3.8) is 0 Å². The predicted octanol–water partition coefficient (Wildman–Crippen LogP) is 4.40. The first-order chi connectivity index (χ1) is 13.7. The second kappa shape index (κ2) is 8.62. The Bertz CT molecular complexity index is 944. The number of hydrogen-bond donors (Lipinski definition) is 2. The van der Waals surface area contributed by atoms with E-state index in [1.54, 1.807) is 7.11 Å². The maximum absolute atomic E-state index is 12.8. The molecule has 4 rings (SSSR count). The van der Waals surface area contributed by atoms with E-state index < -0.39 is 0 Å². The third-order valence-corrected chi connectivity index (χ3v) is 6.39. The van der Waals surface area contributed by atoms with Crippen LogP contribution in [-0.4, -0.2) is 29.3 Å². The fourth-order valence-electron chi connectivity index (χ4n) is 2.64. The van der Waals surface area contributed by atoms with Gasteiger partial charge in [0.1, 0.15) is 11.0 Å². The molecule has 1 unspecified atom stereocenters.